The normalized spacial score (nSPS) is 16.1. The Morgan fingerprint density at radius 3 is 2.40 bits per heavy atom. The molecule has 0 saturated carbocycles. The van der Waals surface area contributed by atoms with Gasteiger partial charge in [-0.1, -0.05) is 35.9 Å². The molecule has 0 aliphatic heterocycles. The molecule has 3 atom stereocenters. The highest BCUT2D eigenvalue weighted by Crippen LogP contribution is 2.35. The predicted molar refractivity (Wildman–Crippen MR) is 88.3 cm³/mol. The summed E-state index contributed by atoms with van der Waals surface area (Å²) in [4.78, 5) is 3.64. The highest BCUT2D eigenvalue weighted by molar-refractivity contribution is 7.10. The summed E-state index contributed by atoms with van der Waals surface area (Å²) in [6.07, 6.45) is 0. The Kier molecular flexibility index (Phi) is 5.22. The van der Waals surface area contributed by atoms with Crippen LogP contribution in [0, 0.1) is 0 Å². The number of nitrogens with zero attached hydrogens (tertiary/aromatic N) is 1. The summed E-state index contributed by atoms with van der Waals surface area (Å²) in [5.74, 6) is 0. The average Bonchev–Trinajstić information content (AvgIpc) is 2.93. The Hall–Kier alpha value is -0.870. The van der Waals surface area contributed by atoms with Crippen molar-refractivity contribution in [2.24, 2.45) is 5.73 Å². The molecule has 1 aromatic carbocycles. The van der Waals surface area contributed by atoms with Gasteiger partial charge in [0.25, 0.3) is 0 Å². The van der Waals surface area contributed by atoms with E-state index in [1.54, 1.807) is 11.3 Å². The highest BCUT2D eigenvalue weighted by Gasteiger charge is 2.27. The first-order valence-corrected chi connectivity index (χ1v) is 8.03. The average molecular weight is 309 g/mol. The summed E-state index contributed by atoms with van der Waals surface area (Å²) >= 11 is 8.13. The molecule has 3 unspecified atom stereocenters. The van der Waals surface area contributed by atoms with E-state index in [1.807, 2.05) is 25.1 Å². The molecule has 0 saturated heterocycles. The fraction of sp³-hybridized carbons (Fsp3) is 0.375. The van der Waals surface area contributed by atoms with Gasteiger partial charge in [-0.3, -0.25) is 4.90 Å². The SMILES string of the molecule is CC(N)C(c1ccccc1Cl)N(C)C(C)c1cccs1. The van der Waals surface area contributed by atoms with Gasteiger partial charge in [0.15, 0.2) is 0 Å². The maximum Gasteiger partial charge on any atom is 0.0514 e. The summed E-state index contributed by atoms with van der Waals surface area (Å²) in [5, 5.41) is 2.88. The van der Waals surface area contributed by atoms with Crippen LogP contribution in [0.15, 0.2) is 41.8 Å². The minimum Gasteiger partial charge on any atom is -0.326 e. The fourth-order valence-electron chi connectivity index (χ4n) is 2.56. The minimum atomic E-state index is 0.00214. The summed E-state index contributed by atoms with van der Waals surface area (Å²) in [7, 11) is 2.11. The maximum absolute atomic E-state index is 6.36. The Labute approximate surface area is 130 Å². The van der Waals surface area contributed by atoms with Gasteiger partial charge in [-0.15, -0.1) is 11.3 Å². The van der Waals surface area contributed by atoms with Gasteiger partial charge in [-0.05, 0) is 44.0 Å². The van der Waals surface area contributed by atoms with Crippen molar-refractivity contribution in [1.82, 2.24) is 4.90 Å². The standard InChI is InChI=1S/C16H21ClN2S/c1-11(18)16(13-7-4-5-8-14(13)17)19(3)12(2)15-9-6-10-20-15/h4-12,16H,18H2,1-3H3. The Morgan fingerprint density at radius 1 is 1.15 bits per heavy atom. The molecule has 2 nitrogen and oxygen atoms in total. The molecule has 2 rings (SSSR count). The van der Waals surface area contributed by atoms with Crippen molar-refractivity contribution in [2.75, 3.05) is 7.05 Å². The largest absolute Gasteiger partial charge is 0.326 e. The van der Waals surface area contributed by atoms with Crippen molar-refractivity contribution in [2.45, 2.75) is 32.0 Å². The van der Waals surface area contributed by atoms with Crippen LogP contribution in [-0.4, -0.2) is 18.0 Å². The monoisotopic (exact) mass is 308 g/mol. The van der Waals surface area contributed by atoms with Crippen molar-refractivity contribution in [3.63, 3.8) is 0 Å². The van der Waals surface area contributed by atoms with Gasteiger partial charge in [0.1, 0.15) is 0 Å². The van der Waals surface area contributed by atoms with Crippen molar-refractivity contribution in [3.8, 4) is 0 Å². The summed E-state index contributed by atoms with van der Waals surface area (Å²) in [6.45, 7) is 4.24. The quantitative estimate of drug-likeness (QED) is 0.882. The van der Waals surface area contributed by atoms with E-state index in [-0.39, 0.29) is 12.1 Å². The lowest BCUT2D eigenvalue weighted by atomic mass is 9.98. The topological polar surface area (TPSA) is 29.3 Å². The molecule has 0 spiro atoms. The van der Waals surface area contributed by atoms with Crippen LogP contribution in [-0.2, 0) is 0 Å². The summed E-state index contributed by atoms with van der Waals surface area (Å²) in [5.41, 5.74) is 7.33. The van der Waals surface area contributed by atoms with E-state index in [2.05, 4.69) is 42.5 Å². The van der Waals surface area contributed by atoms with Gasteiger partial charge in [-0.25, -0.2) is 0 Å². The molecule has 4 heteroatoms. The zero-order valence-corrected chi connectivity index (χ0v) is 13.7. The first kappa shape index (κ1) is 15.5. The number of benzene rings is 1. The molecule has 2 aromatic rings. The lowest BCUT2D eigenvalue weighted by Gasteiger charge is -2.36. The number of rotatable bonds is 5. The second-order valence-electron chi connectivity index (χ2n) is 5.18. The van der Waals surface area contributed by atoms with Gasteiger partial charge in [-0.2, -0.15) is 0 Å². The third kappa shape index (κ3) is 3.23. The number of nitrogens with two attached hydrogens (primary N) is 1. The van der Waals surface area contributed by atoms with Gasteiger partial charge in [0, 0.05) is 22.0 Å². The van der Waals surface area contributed by atoms with Crippen molar-refractivity contribution in [1.29, 1.82) is 0 Å². The molecule has 0 bridgehead atoms. The molecule has 1 heterocycles. The van der Waals surface area contributed by atoms with Crippen molar-refractivity contribution >= 4 is 22.9 Å². The van der Waals surface area contributed by atoms with Gasteiger partial charge >= 0.3 is 0 Å². The Morgan fingerprint density at radius 2 is 1.85 bits per heavy atom. The highest BCUT2D eigenvalue weighted by atomic mass is 35.5. The number of hydrogen-bond donors (Lipinski definition) is 1. The van der Waals surface area contributed by atoms with Crippen LogP contribution >= 0.6 is 22.9 Å². The van der Waals surface area contributed by atoms with Gasteiger partial charge < -0.3 is 5.73 Å². The van der Waals surface area contributed by atoms with Crippen LogP contribution in [0.1, 0.15) is 36.4 Å². The van der Waals surface area contributed by atoms with E-state index < -0.39 is 0 Å². The molecule has 0 amide bonds. The number of halogens is 1. The van der Waals surface area contributed by atoms with Crippen molar-refractivity contribution in [3.05, 3.63) is 57.2 Å². The molecule has 108 valence electrons. The van der Waals surface area contributed by atoms with Gasteiger partial charge in [0.2, 0.25) is 0 Å². The van der Waals surface area contributed by atoms with Gasteiger partial charge in [0.05, 0.1) is 6.04 Å². The van der Waals surface area contributed by atoms with Crippen LogP contribution in [0.25, 0.3) is 0 Å². The van der Waals surface area contributed by atoms with Crippen molar-refractivity contribution < 1.29 is 0 Å². The predicted octanol–water partition coefficient (Wildman–Crippen LogP) is 4.48. The van der Waals surface area contributed by atoms with E-state index in [0.717, 1.165) is 10.6 Å². The molecule has 2 N–H and O–H groups in total. The summed E-state index contributed by atoms with van der Waals surface area (Å²) < 4.78 is 0. The van der Waals surface area contributed by atoms with Crippen LogP contribution in [0.4, 0.5) is 0 Å². The first-order chi connectivity index (χ1) is 9.52. The van der Waals surface area contributed by atoms with Crippen LogP contribution in [0.3, 0.4) is 0 Å². The molecular formula is C16H21ClN2S. The smallest absolute Gasteiger partial charge is 0.0514 e. The molecule has 1 aromatic heterocycles. The lowest BCUT2D eigenvalue weighted by molar-refractivity contribution is 0.168. The van der Waals surface area contributed by atoms with Crippen LogP contribution in [0.2, 0.25) is 5.02 Å². The molecular weight excluding hydrogens is 288 g/mol. The molecule has 0 radical (unpaired) electrons. The molecule has 20 heavy (non-hydrogen) atoms. The number of thiophene rings is 1. The van der Waals surface area contributed by atoms with E-state index in [1.165, 1.54) is 4.88 Å². The second kappa shape index (κ2) is 6.72. The zero-order valence-electron chi connectivity index (χ0n) is 12.1. The molecule has 0 fully saturated rings. The Bertz CT molecular complexity index is 539. The van der Waals surface area contributed by atoms with Crippen LogP contribution in [0.5, 0.6) is 0 Å². The molecule has 0 aliphatic carbocycles. The summed E-state index contributed by atoms with van der Waals surface area (Å²) in [6, 6.07) is 12.6. The second-order valence-corrected chi connectivity index (χ2v) is 6.57. The van der Waals surface area contributed by atoms with E-state index in [0.29, 0.717) is 6.04 Å². The number of likely N-dealkylation sites (N-methyl/N-ethyl adjacent to an activating group) is 1. The van der Waals surface area contributed by atoms with E-state index in [4.69, 9.17) is 17.3 Å². The third-order valence-electron chi connectivity index (χ3n) is 3.73. The first-order valence-electron chi connectivity index (χ1n) is 6.77. The van der Waals surface area contributed by atoms with E-state index >= 15 is 0 Å². The zero-order chi connectivity index (χ0) is 14.7. The maximum atomic E-state index is 6.36. The fourth-order valence-corrected chi connectivity index (χ4v) is 3.64. The van der Waals surface area contributed by atoms with E-state index in [9.17, 15) is 0 Å². The lowest BCUT2D eigenvalue weighted by Crippen LogP contribution is -2.38. The number of hydrogen-bond acceptors (Lipinski definition) is 3. The Balaban J connectivity index is 2.32. The molecule has 0 aliphatic rings. The van der Waals surface area contributed by atoms with Crippen LogP contribution < -0.4 is 5.73 Å². The third-order valence-corrected chi connectivity index (χ3v) is 5.11. The minimum absolute atomic E-state index is 0.00214.